The average Bonchev–Trinajstić information content (AvgIpc) is 2.83. The fourth-order valence-corrected chi connectivity index (χ4v) is 2.21. The standard InChI is InChI=1S/C12H20O/c1-2-4-6-8-13-10-12-9-11(12)7-5-3-1/h6,8,11-12H,1-5,7,9-10H2. The van der Waals surface area contributed by atoms with Crippen molar-refractivity contribution in [1.82, 2.24) is 0 Å². The Morgan fingerprint density at radius 1 is 1.00 bits per heavy atom. The van der Waals surface area contributed by atoms with Gasteiger partial charge in [0.05, 0.1) is 12.9 Å². The van der Waals surface area contributed by atoms with Gasteiger partial charge in [0.1, 0.15) is 0 Å². The van der Waals surface area contributed by atoms with Gasteiger partial charge in [-0.25, -0.2) is 0 Å². The van der Waals surface area contributed by atoms with Gasteiger partial charge in [-0.2, -0.15) is 0 Å². The first kappa shape index (κ1) is 9.11. The van der Waals surface area contributed by atoms with Crippen LogP contribution in [0.4, 0.5) is 0 Å². The summed E-state index contributed by atoms with van der Waals surface area (Å²) in [4.78, 5) is 0. The molecule has 1 heterocycles. The van der Waals surface area contributed by atoms with Crippen LogP contribution in [0, 0.1) is 11.8 Å². The van der Waals surface area contributed by atoms with Crippen LogP contribution in [0.5, 0.6) is 0 Å². The molecule has 13 heavy (non-hydrogen) atoms. The summed E-state index contributed by atoms with van der Waals surface area (Å²) < 4.78 is 5.48. The predicted molar refractivity (Wildman–Crippen MR) is 54.4 cm³/mol. The molecule has 0 spiro atoms. The molecule has 1 heteroatoms. The summed E-state index contributed by atoms with van der Waals surface area (Å²) in [5.74, 6) is 1.90. The average molecular weight is 180 g/mol. The van der Waals surface area contributed by atoms with E-state index in [1.165, 1.54) is 44.9 Å². The maximum absolute atomic E-state index is 5.48. The highest BCUT2D eigenvalue weighted by atomic mass is 16.5. The fraction of sp³-hybridized carbons (Fsp3) is 0.833. The highest BCUT2D eigenvalue weighted by molar-refractivity contribution is 4.87. The van der Waals surface area contributed by atoms with E-state index in [1.54, 1.807) is 0 Å². The lowest BCUT2D eigenvalue weighted by atomic mass is 10.1. The second-order valence-corrected chi connectivity index (χ2v) is 4.45. The van der Waals surface area contributed by atoms with E-state index < -0.39 is 0 Å². The summed E-state index contributed by atoms with van der Waals surface area (Å²) >= 11 is 0. The molecular formula is C12H20O. The monoisotopic (exact) mass is 180 g/mol. The van der Waals surface area contributed by atoms with Crippen molar-refractivity contribution in [2.45, 2.75) is 44.9 Å². The first-order chi connectivity index (χ1) is 6.47. The zero-order valence-corrected chi connectivity index (χ0v) is 8.37. The van der Waals surface area contributed by atoms with E-state index in [9.17, 15) is 0 Å². The van der Waals surface area contributed by atoms with Crippen LogP contribution in [-0.2, 0) is 4.74 Å². The number of ether oxygens (including phenoxy) is 1. The second-order valence-electron chi connectivity index (χ2n) is 4.45. The minimum atomic E-state index is 0.893. The molecule has 1 aliphatic heterocycles. The van der Waals surface area contributed by atoms with Gasteiger partial charge in [-0.15, -0.1) is 0 Å². The third kappa shape index (κ3) is 3.06. The van der Waals surface area contributed by atoms with E-state index in [2.05, 4.69) is 6.08 Å². The highest BCUT2D eigenvalue weighted by Crippen LogP contribution is 2.42. The van der Waals surface area contributed by atoms with Crippen molar-refractivity contribution in [2.24, 2.45) is 11.8 Å². The SMILES string of the molecule is C1=COCC2CC2CCCCCC1. The molecule has 1 fully saturated rings. The quantitative estimate of drug-likeness (QED) is 0.554. The molecule has 2 aliphatic rings. The van der Waals surface area contributed by atoms with Gasteiger partial charge in [0.2, 0.25) is 0 Å². The molecule has 0 bridgehead atoms. The maximum atomic E-state index is 5.48. The minimum absolute atomic E-state index is 0.893. The number of rotatable bonds is 0. The minimum Gasteiger partial charge on any atom is -0.501 e. The smallest absolute Gasteiger partial charge is 0.0904 e. The predicted octanol–water partition coefficient (Wildman–Crippen LogP) is 3.51. The fourth-order valence-electron chi connectivity index (χ4n) is 2.21. The Balaban J connectivity index is 1.73. The molecule has 2 unspecified atom stereocenters. The summed E-state index contributed by atoms with van der Waals surface area (Å²) in [6.45, 7) is 0.973. The van der Waals surface area contributed by atoms with Crippen LogP contribution in [-0.4, -0.2) is 6.61 Å². The van der Waals surface area contributed by atoms with Gasteiger partial charge < -0.3 is 4.74 Å². The van der Waals surface area contributed by atoms with Crippen LogP contribution in [0.2, 0.25) is 0 Å². The van der Waals surface area contributed by atoms with Crippen molar-refractivity contribution in [3.05, 3.63) is 12.3 Å². The zero-order valence-electron chi connectivity index (χ0n) is 8.37. The molecule has 0 amide bonds. The molecule has 1 nitrogen and oxygen atoms in total. The molecule has 1 aliphatic carbocycles. The highest BCUT2D eigenvalue weighted by Gasteiger charge is 2.36. The molecule has 1 saturated carbocycles. The Kier molecular flexibility index (Phi) is 3.28. The number of hydrogen-bond donors (Lipinski definition) is 0. The van der Waals surface area contributed by atoms with Gasteiger partial charge in [-0.1, -0.05) is 25.7 Å². The molecule has 2 atom stereocenters. The van der Waals surface area contributed by atoms with Gasteiger partial charge in [0.25, 0.3) is 0 Å². The Hall–Kier alpha value is -0.460. The van der Waals surface area contributed by atoms with Gasteiger partial charge in [0.15, 0.2) is 0 Å². The Morgan fingerprint density at radius 2 is 1.92 bits per heavy atom. The van der Waals surface area contributed by atoms with Gasteiger partial charge in [-0.05, 0) is 37.2 Å². The van der Waals surface area contributed by atoms with Gasteiger partial charge >= 0.3 is 0 Å². The maximum Gasteiger partial charge on any atom is 0.0904 e. The van der Waals surface area contributed by atoms with E-state index in [0.29, 0.717) is 0 Å². The lowest BCUT2D eigenvalue weighted by Gasteiger charge is -2.03. The van der Waals surface area contributed by atoms with E-state index in [0.717, 1.165) is 18.4 Å². The van der Waals surface area contributed by atoms with Crippen LogP contribution in [0.3, 0.4) is 0 Å². The summed E-state index contributed by atoms with van der Waals surface area (Å²) in [6, 6.07) is 0. The van der Waals surface area contributed by atoms with E-state index in [4.69, 9.17) is 4.74 Å². The molecule has 0 N–H and O–H groups in total. The first-order valence-electron chi connectivity index (χ1n) is 5.73. The molecule has 0 saturated heterocycles. The summed E-state index contributed by atoms with van der Waals surface area (Å²) in [6.07, 6.45) is 13.8. The normalized spacial score (nSPS) is 35.1. The lowest BCUT2D eigenvalue weighted by molar-refractivity contribution is 0.225. The second kappa shape index (κ2) is 4.69. The topological polar surface area (TPSA) is 9.23 Å². The molecule has 74 valence electrons. The van der Waals surface area contributed by atoms with Crippen LogP contribution < -0.4 is 0 Å². The van der Waals surface area contributed by atoms with Crippen LogP contribution in [0.15, 0.2) is 12.3 Å². The summed E-state index contributed by atoms with van der Waals surface area (Å²) in [7, 11) is 0. The third-order valence-corrected chi connectivity index (χ3v) is 3.27. The third-order valence-electron chi connectivity index (χ3n) is 3.27. The van der Waals surface area contributed by atoms with Crippen LogP contribution >= 0.6 is 0 Å². The van der Waals surface area contributed by atoms with Crippen molar-refractivity contribution in [3.8, 4) is 0 Å². The van der Waals surface area contributed by atoms with Crippen LogP contribution in [0.25, 0.3) is 0 Å². The van der Waals surface area contributed by atoms with Gasteiger partial charge in [-0.3, -0.25) is 0 Å². The molecule has 0 aromatic heterocycles. The molecule has 0 radical (unpaired) electrons. The number of fused-ring (bicyclic) bond motifs is 1. The van der Waals surface area contributed by atoms with E-state index >= 15 is 0 Å². The van der Waals surface area contributed by atoms with Crippen molar-refractivity contribution in [2.75, 3.05) is 6.61 Å². The van der Waals surface area contributed by atoms with Crippen LogP contribution in [0.1, 0.15) is 44.9 Å². The lowest BCUT2D eigenvalue weighted by Crippen LogP contribution is -1.94. The molecule has 2 rings (SSSR count). The summed E-state index contributed by atoms with van der Waals surface area (Å²) in [5, 5.41) is 0. The van der Waals surface area contributed by atoms with E-state index in [-0.39, 0.29) is 0 Å². The van der Waals surface area contributed by atoms with Crippen molar-refractivity contribution in [1.29, 1.82) is 0 Å². The Bertz CT molecular complexity index is 174. The summed E-state index contributed by atoms with van der Waals surface area (Å²) in [5.41, 5.74) is 0. The molecule has 0 aromatic carbocycles. The Labute approximate surface area is 81.2 Å². The Morgan fingerprint density at radius 3 is 2.92 bits per heavy atom. The van der Waals surface area contributed by atoms with Crippen molar-refractivity contribution in [3.63, 3.8) is 0 Å². The largest absolute Gasteiger partial charge is 0.501 e. The number of hydrogen-bond acceptors (Lipinski definition) is 1. The first-order valence-corrected chi connectivity index (χ1v) is 5.73. The van der Waals surface area contributed by atoms with Crippen molar-refractivity contribution >= 4 is 0 Å². The number of allylic oxidation sites excluding steroid dienone is 1. The molecule has 0 aromatic rings. The van der Waals surface area contributed by atoms with Crippen molar-refractivity contribution < 1.29 is 4.74 Å². The van der Waals surface area contributed by atoms with Gasteiger partial charge in [0, 0.05) is 0 Å². The molecular weight excluding hydrogens is 160 g/mol. The zero-order chi connectivity index (χ0) is 8.93. The van der Waals surface area contributed by atoms with E-state index in [1.807, 2.05) is 6.26 Å².